The molecule has 0 spiro atoms. The number of rotatable bonds is 5. The first-order chi connectivity index (χ1) is 12.1. The Morgan fingerprint density at radius 1 is 1.16 bits per heavy atom. The second-order valence-corrected chi connectivity index (χ2v) is 8.41. The number of hydrogen-bond donors (Lipinski definition) is 1. The van der Waals surface area contributed by atoms with Crippen LogP contribution in [-0.4, -0.2) is 60.9 Å². The molecule has 3 aliphatic rings. The lowest BCUT2D eigenvalue weighted by Crippen LogP contribution is -2.44. The van der Waals surface area contributed by atoms with Gasteiger partial charge in [-0.05, 0) is 69.4 Å². The Morgan fingerprint density at radius 2 is 1.96 bits per heavy atom. The van der Waals surface area contributed by atoms with Gasteiger partial charge in [-0.25, -0.2) is 0 Å². The maximum absolute atomic E-state index is 12.6. The van der Waals surface area contributed by atoms with E-state index >= 15 is 0 Å². The van der Waals surface area contributed by atoms with E-state index in [2.05, 4.69) is 22.0 Å². The third kappa shape index (κ3) is 5.19. The average Bonchev–Trinajstić information content (AvgIpc) is 2.65. The van der Waals surface area contributed by atoms with E-state index < -0.39 is 0 Å². The van der Waals surface area contributed by atoms with Crippen molar-refractivity contribution < 1.29 is 9.59 Å². The maximum atomic E-state index is 12.6. The first-order valence-corrected chi connectivity index (χ1v) is 10.4. The molecule has 0 aromatic heterocycles. The number of hydrogen-bond acceptors (Lipinski definition) is 3. The Labute approximate surface area is 152 Å². The Balaban J connectivity index is 1.39. The molecular weight excluding hydrogens is 314 g/mol. The molecule has 0 aliphatic carbocycles. The zero-order valence-electron chi connectivity index (χ0n) is 15.8. The van der Waals surface area contributed by atoms with Gasteiger partial charge in [-0.1, -0.05) is 6.92 Å². The molecule has 0 saturated carbocycles. The van der Waals surface area contributed by atoms with Crippen molar-refractivity contribution in [3.8, 4) is 0 Å². The van der Waals surface area contributed by atoms with Gasteiger partial charge in [0.05, 0.1) is 0 Å². The monoisotopic (exact) mass is 349 g/mol. The van der Waals surface area contributed by atoms with E-state index in [1.165, 1.54) is 12.8 Å². The molecule has 25 heavy (non-hydrogen) atoms. The van der Waals surface area contributed by atoms with E-state index in [4.69, 9.17) is 0 Å². The second kappa shape index (κ2) is 9.02. The lowest BCUT2D eigenvalue weighted by Gasteiger charge is -2.37. The quantitative estimate of drug-likeness (QED) is 0.828. The van der Waals surface area contributed by atoms with Gasteiger partial charge in [-0.15, -0.1) is 0 Å². The third-order valence-electron chi connectivity index (χ3n) is 6.50. The van der Waals surface area contributed by atoms with Crippen molar-refractivity contribution in [3.63, 3.8) is 0 Å². The van der Waals surface area contributed by atoms with Crippen LogP contribution in [0.4, 0.5) is 0 Å². The van der Waals surface area contributed by atoms with Crippen LogP contribution in [0.1, 0.15) is 58.3 Å². The summed E-state index contributed by atoms with van der Waals surface area (Å²) in [4.78, 5) is 28.7. The Kier molecular flexibility index (Phi) is 6.74. The van der Waals surface area contributed by atoms with Gasteiger partial charge in [-0.2, -0.15) is 0 Å². The highest BCUT2D eigenvalue weighted by molar-refractivity contribution is 5.77. The van der Waals surface area contributed by atoms with E-state index in [0.717, 1.165) is 71.4 Å². The molecule has 2 unspecified atom stereocenters. The number of nitrogens with one attached hydrogen (secondary N) is 1. The number of piperidine rings is 3. The molecule has 5 heteroatoms. The van der Waals surface area contributed by atoms with E-state index in [-0.39, 0.29) is 0 Å². The van der Waals surface area contributed by atoms with Crippen molar-refractivity contribution in [1.29, 1.82) is 0 Å². The third-order valence-corrected chi connectivity index (χ3v) is 6.50. The summed E-state index contributed by atoms with van der Waals surface area (Å²) in [7, 11) is 0. The molecule has 3 aliphatic heterocycles. The Morgan fingerprint density at radius 3 is 2.64 bits per heavy atom. The number of likely N-dealkylation sites (tertiary alicyclic amines) is 2. The van der Waals surface area contributed by atoms with Crippen molar-refractivity contribution in [3.05, 3.63) is 0 Å². The highest BCUT2D eigenvalue weighted by atomic mass is 16.2. The van der Waals surface area contributed by atoms with Gasteiger partial charge in [0.2, 0.25) is 11.8 Å². The number of carbonyl (C=O) groups is 2. The minimum Gasteiger partial charge on any atom is -0.343 e. The van der Waals surface area contributed by atoms with E-state index in [0.29, 0.717) is 36.0 Å². The lowest BCUT2D eigenvalue weighted by molar-refractivity contribution is -0.136. The zero-order chi connectivity index (χ0) is 17.6. The van der Waals surface area contributed by atoms with E-state index in [9.17, 15) is 9.59 Å². The Hall–Kier alpha value is -1.10. The minimum atomic E-state index is 0.333. The summed E-state index contributed by atoms with van der Waals surface area (Å²) in [6, 6.07) is 0. The molecule has 3 rings (SSSR count). The van der Waals surface area contributed by atoms with Crippen LogP contribution in [0.25, 0.3) is 0 Å². The smallest absolute Gasteiger partial charge is 0.222 e. The molecule has 142 valence electrons. The topological polar surface area (TPSA) is 52.7 Å². The van der Waals surface area contributed by atoms with Gasteiger partial charge < -0.3 is 15.1 Å². The first kappa shape index (κ1) is 18.7. The molecule has 0 radical (unpaired) electrons. The molecule has 0 aromatic carbocycles. The largest absolute Gasteiger partial charge is 0.343 e. The summed E-state index contributed by atoms with van der Waals surface area (Å²) in [5, 5.41) is 3.46. The van der Waals surface area contributed by atoms with Crippen molar-refractivity contribution in [2.45, 2.75) is 58.3 Å². The summed E-state index contributed by atoms with van der Waals surface area (Å²) in [5.41, 5.74) is 0. The van der Waals surface area contributed by atoms with Crippen molar-refractivity contribution in [2.24, 2.45) is 17.8 Å². The maximum Gasteiger partial charge on any atom is 0.222 e. The molecule has 2 atom stereocenters. The van der Waals surface area contributed by atoms with Gasteiger partial charge in [0, 0.05) is 39.0 Å². The van der Waals surface area contributed by atoms with Gasteiger partial charge >= 0.3 is 0 Å². The predicted molar refractivity (Wildman–Crippen MR) is 99.1 cm³/mol. The molecule has 2 amide bonds. The number of amides is 2. The standard InChI is InChI=1S/C20H35N3O2/c1-16(18-5-4-9-21-14-18)13-20(25)22-11-7-17(8-12-22)15-23-10-3-2-6-19(23)24/h16-18,21H,2-15H2,1H3. The highest BCUT2D eigenvalue weighted by Crippen LogP contribution is 2.25. The van der Waals surface area contributed by atoms with Crippen molar-refractivity contribution >= 4 is 11.8 Å². The van der Waals surface area contributed by atoms with Gasteiger partial charge in [-0.3, -0.25) is 9.59 Å². The van der Waals surface area contributed by atoms with Crippen LogP contribution in [0.15, 0.2) is 0 Å². The zero-order valence-corrected chi connectivity index (χ0v) is 15.8. The van der Waals surface area contributed by atoms with Crippen LogP contribution >= 0.6 is 0 Å². The van der Waals surface area contributed by atoms with Gasteiger partial charge in [0.25, 0.3) is 0 Å². The fourth-order valence-electron chi connectivity index (χ4n) is 4.67. The van der Waals surface area contributed by atoms with Crippen LogP contribution in [0, 0.1) is 17.8 Å². The SMILES string of the molecule is CC(CC(=O)N1CCC(CN2CCCCC2=O)CC1)C1CCCNC1. The van der Waals surface area contributed by atoms with Crippen LogP contribution in [0.2, 0.25) is 0 Å². The van der Waals surface area contributed by atoms with Crippen LogP contribution < -0.4 is 5.32 Å². The average molecular weight is 350 g/mol. The first-order valence-electron chi connectivity index (χ1n) is 10.4. The van der Waals surface area contributed by atoms with Crippen molar-refractivity contribution in [1.82, 2.24) is 15.1 Å². The molecule has 3 fully saturated rings. The minimum absolute atomic E-state index is 0.333. The summed E-state index contributed by atoms with van der Waals surface area (Å²) in [6.45, 7) is 8.03. The van der Waals surface area contributed by atoms with Crippen LogP contribution in [0.5, 0.6) is 0 Å². The molecule has 3 saturated heterocycles. The van der Waals surface area contributed by atoms with Gasteiger partial charge in [0.15, 0.2) is 0 Å². The molecule has 0 aromatic rings. The lowest BCUT2D eigenvalue weighted by atomic mass is 9.85. The molecule has 3 heterocycles. The molecule has 5 nitrogen and oxygen atoms in total. The normalized spacial score (nSPS) is 27.4. The molecular formula is C20H35N3O2. The van der Waals surface area contributed by atoms with E-state index in [1.54, 1.807) is 0 Å². The Bertz CT molecular complexity index is 454. The second-order valence-electron chi connectivity index (χ2n) is 8.41. The summed E-state index contributed by atoms with van der Waals surface area (Å²) >= 11 is 0. The number of carbonyl (C=O) groups excluding carboxylic acids is 2. The fourth-order valence-corrected chi connectivity index (χ4v) is 4.67. The van der Waals surface area contributed by atoms with Gasteiger partial charge in [0.1, 0.15) is 0 Å². The fraction of sp³-hybridized carbons (Fsp3) is 0.900. The molecule has 1 N–H and O–H groups in total. The number of nitrogens with zero attached hydrogens (tertiary/aromatic N) is 2. The predicted octanol–water partition coefficient (Wildman–Crippen LogP) is 2.26. The van der Waals surface area contributed by atoms with E-state index in [1.807, 2.05) is 0 Å². The summed E-state index contributed by atoms with van der Waals surface area (Å²) in [6.07, 6.45) is 8.22. The molecule has 0 bridgehead atoms. The van der Waals surface area contributed by atoms with Crippen LogP contribution in [0.3, 0.4) is 0 Å². The highest BCUT2D eigenvalue weighted by Gasteiger charge is 2.29. The summed E-state index contributed by atoms with van der Waals surface area (Å²) in [5.74, 6) is 2.38. The van der Waals surface area contributed by atoms with Crippen LogP contribution in [-0.2, 0) is 9.59 Å². The summed E-state index contributed by atoms with van der Waals surface area (Å²) < 4.78 is 0. The van der Waals surface area contributed by atoms with Crippen molar-refractivity contribution in [2.75, 3.05) is 39.3 Å².